The molecule has 3 aromatic rings. The third-order valence-electron chi connectivity index (χ3n) is 5.22. The largest absolute Gasteiger partial charge is 0.507 e. The van der Waals surface area contributed by atoms with Crippen LogP contribution in [0.5, 0.6) is 5.75 Å². The normalized spacial score (nSPS) is 17.3. The van der Waals surface area contributed by atoms with Crippen molar-refractivity contribution < 1.29 is 33.4 Å². The molecule has 1 amide bonds. The van der Waals surface area contributed by atoms with Crippen LogP contribution in [-0.2, 0) is 14.3 Å². The van der Waals surface area contributed by atoms with Gasteiger partial charge in [0.2, 0.25) is 0 Å². The molecule has 0 bridgehead atoms. The molecule has 4 rings (SSSR count). The number of aryl methyl sites for hydroxylation is 1. The number of nitrogens with zero attached hydrogens (tertiary/aromatic N) is 2. The average molecular weight is 483 g/mol. The third kappa shape index (κ3) is 4.08. The van der Waals surface area contributed by atoms with Gasteiger partial charge >= 0.3 is 11.9 Å². The van der Waals surface area contributed by atoms with Gasteiger partial charge in [-0.3, -0.25) is 14.5 Å². The summed E-state index contributed by atoms with van der Waals surface area (Å²) in [5.41, 5.74) is 0.549. The molecule has 0 unspecified atom stereocenters. The smallest absolute Gasteiger partial charge is 0.350 e. The van der Waals surface area contributed by atoms with E-state index < -0.39 is 23.7 Å². The van der Waals surface area contributed by atoms with E-state index in [4.69, 9.17) is 13.9 Å². The van der Waals surface area contributed by atoms with E-state index in [0.717, 1.165) is 22.7 Å². The molecule has 1 N–H and O–H groups in total. The van der Waals surface area contributed by atoms with E-state index in [1.54, 1.807) is 43.3 Å². The molecular formula is C24H22N2O7S. The zero-order valence-electron chi connectivity index (χ0n) is 18.7. The second kappa shape index (κ2) is 9.52. The highest BCUT2D eigenvalue weighted by Gasteiger charge is 2.49. The van der Waals surface area contributed by atoms with Gasteiger partial charge in [0, 0.05) is 5.56 Å². The zero-order chi connectivity index (χ0) is 24.4. The number of aliphatic hydroxyl groups excluding tert-OH is 1. The lowest BCUT2D eigenvalue weighted by molar-refractivity contribution is -0.132. The number of carbonyl (C=O) groups is 3. The molecule has 1 saturated heterocycles. The Morgan fingerprint density at radius 3 is 2.59 bits per heavy atom. The molecule has 0 spiro atoms. The van der Waals surface area contributed by atoms with Crippen LogP contribution in [0.2, 0.25) is 0 Å². The number of carbonyl (C=O) groups excluding carboxylic acids is 3. The van der Waals surface area contributed by atoms with Crippen LogP contribution >= 0.6 is 11.3 Å². The number of rotatable bonds is 7. The van der Waals surface area contributed by atoms with Gasteiger partial charge in [-0.25, -0.2) is 9.78 Å². The number of Topliss-reactive ketones (excluding diaryl/α,β-unsaturated/α-hetero) is 1. The van der Waals surface area contributed by atoms with Crippen molar-refractivity contribution in [1.29, 1.82) is 0 Å². The fourth-order valence-electron chi connectivity index (χ4n) is 3.60. The minimum atomic E-state index is -1.07. The Hall–Kier alpha value is -3.92. The van der Waals surface area contributed by atoms with Crippen molar-refractivity contribution in [2.75, 3.05) is 18.6 Å². The maximum absolute atomic E-state index is 13.1. The molecule has 34 heavy (non-hydrogen) atoms. The summed E-state index contributed by atoms with van der Waals surface area (Å²) in [6.07, 6.45) is 2.25. The molecule has 1 fully saturated rings. The van der Waals surface area contributed by atoms with Crippen molar-refractivity contribution in [1.82, 2.24) is 4.98 Å². The van der Waals surface area contributed by atoms with Gasteiger partial charge in [-0.05, 0) is 49.7 Å². The molecule has 176 valence electrons. The zero-order valence-corrected chi connectivity index (χ0v) is 19.5. The molecule has 9 nitrogen and oxygen atoms in total. The van der Waals surface area contributed by atoms with Gasteiger partial charge in [-0.2, -0.15) is 0 Å². The Bertz CT molecular complexity index is 1260. The highest BCUT2D eigenvalue weighted by Crippen LogP contribution is 2.44. The summed E-state index contributed by atoms with van der Waals surface area (Å²) in [5.74, 6) is -1.86. The van der Waals surface area contributed by atoms with E-state index in [-0.39, 0.29) is 27.1 Å². The van der Waals surface area contributed by atoms with Crippen LogP contribution in [0, 0.1) is 6.92 Å². The SMILES string of the molecule is CCCOc1ccc(C(O)=C2C(=O)C(=O)N(c3nc(C)c(C(=O)OC)s3)[C@@H]2c2ccco2)cc1. The number of hydrogen-bond donors (Lipinski definition) is 1. The number of anilines is 1. The number of thiazole rings is 1. The predicted molar refractivity (Wildman–Crippen MR) is 124 cm³/mol. The molecule has 10 heteroatoms. The molecule has 0 aliphatic carbocycles. The van der Waals surface area contributed by atoms with Crippen molar-refractivity contribution in [2.24, 2.45) is 0 Å². The van der Waals surface area contributed by atoms with Gasteiger partial charge in [0.1, 0.15) is 28.2 Å². The standard InChI is InChI=1S/C24H22N2O7S/c1-4-11-32-15-9-7-14(8-10-15)19(27)17-18(16-6-5-12-33-16)26(22(29)20(17)28)24-25-13(2)21(34-24)23(30)31-3/h5-10,12,18,27H,4,11H2,1-3H3/t18-/m1/s1. The molecule has 0 saturated carbocycles. The lowest BCUT2D eigenvalue weighted by Crippen LogP contribution is -2.29. The Morgan fingerprint density at radius 2 is 1.97 bits per heavy atom. The van der Waals surface area contributed by atoms with Crippen molar-refractivity contribution in [3.63, 3.8) is 0 Å². The van der Waals surface area contributed by atoms with E-state index in [2.05, 4.69) is 4.98 Å². The Balaban J connectivity index is 1.81. The van der Waals surface area contributed by atoms with Crippen LogP contribution in [0.1, 0.15) is 46.1 Å². The van der Waals surface area contributed by atoms with E-state index in [1.165, 1.54) is 13.4 Å². The lowest BCUT2D eigenvalue weighted by Gasteiger charge is -2.20. The lowest BCUT2D eigenvalue weighted by atomic mass is 9.99. The van der Waals surface area contributed by atoms with Crippen LogP contribution < -0.4 is 9.64 Å². The summed E-state index contributed by atoms with van der Waals surface area (Å²) in [6.45, 7) is 4.15. The monoisotopic (exact) mass is 482 g/mol. The first kappa shape index (κ1) is 23.2. The van der Waals surface area contributed by atoms with Crippen LogP contribution in [0.4, 0.5) is 5.13 Å². The molecule has 0 radical (unpaired) electrons. The summed E-state index contributed by atoms with van der Waals surface area (Å²) >= 11 is 0.920. The quantitative estimate of drug-likeness (QED) is 0.230. The first-order valence-electron chi connectivity index (χ1n) is 10.5. The van der Waals surface area contributed by atoms with E-state index in [9.17, 15) is 19.5 Å². The van der Waals surface area contributed by atoms with Gasteiger partial charge in [0.05, 0.1) is 31.2 Å². The number of aliphatic hydroxyl groups is 1. The molecule has 1 atom stereocenters. The molecule has 1 aliphatic rings. The van der Waals surface area contributed by atoms with E-state index in [1.807, 2.05) is 6.92 Å². The summed E-state index contributed by atoms with van der Waals surface area (Å²) < 4.78 is 15.9. The van der Waals surface area contributed by atoms with Crippen LogP contribution in [0.3, 0.4) is 0 Å². The number of ketones is 1. The van der Waals surface area contributed by atoms with Crippen molar-refractivity contribution in [3.8, 4) is 5.75 Å². The van der Waals surface area contributed by atoms with Crippen LogP contribution in [-0.4, -0.2) is 41.5 Å². The number of ether oxygens (including phenoxy) is 2. The van der Waals surface area contributed by atoms with E-state index >= 15 is 0 Å². The van der Waals surface area contributed by atoms with Crippen molar-refractivity contribution in [3.05, 3.63) is 70.1 Å². The summed E-state index contributed by atoms with van der Waals surface area (Å²) in [7, 11) is 1.24. The Morgan fingerprint density at radius 1 is 1.24 bits per heavy atom. The maximum Gasteiger partial charge on any atom is 0.350 e. The predicted octanol–water partition coefficient (Wildman–Crippen LogP) is 4.25. The van der Waals surface area contributed by atoms with Gasteiger partial charge in [0.25, 0.3) is 5.78 Å². The van der Waals surface area contributed by atoms with Gasteiger partial charge in [0.15, 0.2) is 5.13 Å². The van der Waals surface area contributed by atoms with Crippen molar-refractivity contribution in [2.45, 2.75) is 26.3 Å². The van der Waals surface area contributed by atoms with Crippen LogP contribution in [0.25, 0.3) is 5.76 Å². The number of hydrogen-bond acceptors (Lipinski definition) is 9. The molecule has 1 aliphatic heterocycles. The van der Waals surface area contributed by atoms with Crippen molar-refractivity contribution >= 4 is 39.9 Å². The topological polar surface area (TPSA) is 119 Å². The van der Waals surface area contributed by atoms with E-state index in [0.29, 0.717) is 23.6 Å². The fourth-order valence-corrected chi connectivity index (χ4v) is 4.61. The molecular weight excluding hydrogens is 460 g/mol. The Kier molecular flexibility index (Phi) is 6.51. The van der Waals surface area contributed by atoms with Gasteiger partial charge < -0.3 is 19.0 Å². The highest BCUT2D eigenvalue weighted by atomic mass is 32.1. The van der Waals surface area contributed by atoms with Gasteiger partial charge in [-0.1, -0.05) is 18.3 Å². The number of aromatic nitrogens is 1. The minimum Gasteiger partial charge on any atom is -0.507 e. The number of benzene rings is 1. The number of esters is 1. The van der Waals surface area contributed by atoms with Gasteiger partial charge in [-0.15, -0.1) is 0 Å². The maximum atomic E-state index is 13.1. The number of furan rings is 1. The summed E-state index contributed by atoms with van der Waals surface area (Å²) in [4.78, 5) is 44.0. The highest BCUT2D eigenvalue weighted by molar-refractivity contribution is 7.17. The number of amides is 1. The summed E-state index contributed by atoms with van der Waals surface area (Å²) in [6, 6.07) is 8.71. The first-order valence-corrected chi connectivity index (χ1v) is 11.3. The fraction of sp³-hybridized carbons (Fsp3) is 0.250. The molecule has 1 aromatic carbocycles. The average Bonchev–Trinajstić information content (AvgIpc) is 3.56. The second-order valence-corrected chi connectivity index (χ2v) is 8.44. The third-order valence-corrected chi connectivity index (χ3v) is 6.36. The first-order chi connectivity index (χ1) is 16.4. The minimum absolute atomic E-state index is 0.115. The van der Waals surface area contributed by atoms with Crippen LogP contribution in [0.15, 0.2) is 52.7 Å². The number of methoxy groups -OCH3 is 1. The molecule has 2 aromatic heterocycles. The summed E-state index contributed by atoms with van der Waals surface area (Å²) in [5, 5.41) is 11.2. The molecule has 3 heterocycles. The second-order valence-electron chi connectivity index (χ2n) is 7.46. The Labute approximate surface area is 199 Å².